The van der Waals surface area contributed by atoms with E-state index in [1.807, 2.05) is 0 Å². The average Bonchev–Trinajstić information content (AvgIpc) is 2.37. The van der Waals surface area contributed by atoms with Crippen LogP contribution in [0.3, 0.4) is 0 Å². The lowest BCUT2D eigenvalue weighted by molar-refractivity contribution is -0.138. The molecule has 1 aromatic carbocycles. The number of hydrogen-bond donors (Lipinski definition) is 1. The van der Waals surface area contributed by atoms with E-state index >= 15 is 0 Å². The Kier molecular flexibility index (Phi) is 4.58. The third-order valence-electron chi connectivity index (χ3n) is 3.51. The van der Waals surface area contributed by atoms with Gasteiger partial charge in [-0.25, -0.2) is 17.2 Å². The number of carboxylic acid groups (broad SMARTS) is 1. The average molecular weight is 319 g/mol. The Morgan fingerprint density at radius 1 is 1.19 bits per heavy atom. The quantitative estimate of drug-likeness (QED) is 0.919. The van der Waals surface area contributed by atoms with Crippen molar-refractivity contribution in [2.45, 2.75) is 24.2 Å². The Bertz CT molecular complexity index is 619. The van der Waals surface area contributed by atoms with Crippen LogP contribution in [0, 0.1) is 17.6 Å². The molecule has 0 saturated carbocycles. The smallest absolute Gasteiger partial charge is 0.303 e. The maximum atomic E-state index is 13.1. The molecule has 0 aromatic heterocycles. The first-order chi connectivity index (χ1) is 9.79. The second-order valence-corrected chi connectivity index (χ2v) is 6.99. The number of carbonyl (C=O) groups is 1. The summed E-state index contributed by atoms with van der Waals surface area (Å²) in [4.78, 5) is 10.2. The Hall–Kier alpha value is -1.54. The van der Waals surface area contributed by atoms with Crippen molar-refractivity contribution in [1.29, 1.82) is 0 Å². The van der Waals surface area contributed by atoms with Crippen molar-refractivity contribution < 1.29 is 27.1 Å². The van der Waals surface area contributed by atoms with Crippen LogP contribution in [0.1, 0.15) is 19.3 Å². The zero-order valence-electron chi connectivity index (χ0n) is 11.1. The highest BCUT2D eigenvalue weighted by Gasteiger charge is 2.30. The number of sulfonamides is 1. The van der Waals surface area contributed by atoms with E-state index in [9.17, 15) is 22.0 Å². The Morgan fingerprint density at radius 3 is 2.19 bits per heavy atom. The normalized spacial score (nSPS) is 17.8. The third-order valence-corrected chi connectivity index (χ3v) is 5.39. The van der Waals surface area contributed by atoms with Gasteiger partial charge in [-0.15, -0.1) is 0 Å². The monoisotopic (exact) mass is 319 g/mol. The number of rotatable bonds is 4. The largest absolute Gasteiger partial charge is 0.481 e. The summed E-state index contributed by atoms with van der Waals surface area (Å²) in [5.41, 5.74) is 0. The van der Waals surface area contributed by atoms with Gasteiger partial charge in [0, 0.05) is 25.6 Å². The van der Waals surface area contributed by atoms with E-state index < -0.39 is 32.5 Å². The molecule has 1 heterocycles. The summed E-state index contributed by atoms with van der Waals surface area (Å²) in [7, 11) is -3.95. The van der Waals surface area contributed by atoms with Crippen molar-refractivity contribution in [3.63, 3.8) is 0 Å². The lowest BCUT2D eigenvalue weighted by Gasteiger charge is -2.30. The molecule has 1 N–H and O–H groups in total. The number of benzene rings is 1. The predicted octanol–water partition coefficient (Wildman–Crippen LogP) is 1.84. The van der Waals surface area contributed by atoms with Gasteiger partial charge in [-0.2, -0.15) is 4.31 Å². The van der Waals surface area contributed by atoms with E-state index in [0.29, 0.717) is 18.9 Å². The molecule has 1 fully saturated rings. The minimum atomic E-state index is -3.95. The third kappa shape index (κ3) is 3.76. The fourth-order valence-corrected chi connectivity index (χ4v) is 3.94. The molecule has 0 bridgehead atoms. The highest BCUT2D eigenvalue weighted by molar-refractivity contribution is 7.89. The van der Waals surface area contributed by atoms with Gasteiger partial charge in [0.1, 0.15) is 11.6 Å². The Balaban J connectivity index is 2.13. The summed E-state index contributed by atoms with van der Waals surface area (Å²) in [5, 5.41) is 8.72. The minimum absolute atomic E-state index is 0.00246. The molecule has 0 spiro atoms. The molecule has 1 aromatic rings. The molecule has 21 heavy (non-hydrogen) atoms. The molecule has 0 unspecified atom stereocenters. The van der Waals surface area contributed by atoms with E-state index in [1.54, 1.807) is 0 Å². The first-order valence-electron chi connectivity index (χ1n) is 6.47. The maximum absolute atomic E-state index is 13.1. The van der Waals surface area contributed by atoms with Gasteiger partial charge >= 0.3 is 5.97 Å². The fourth-order valence-electron chi connectivity index (χ4n) is 2.43. The molecule has 5 nitrogen and oxygen atoms in total. The maximum Gasteiger partial charge on any atom is 0.303 e. The van der Waals surface area contributed by atoms with Gasteiger partial charge in [0.25, 0.3) is 0 Å². The number of carboxylic acids is 1. The van der Waals surface area contributed by atoms with Crippen LogP contribution in [0.15, 0.2) is 23.1 Å². The van der Waals surface area contributed by atoms with Crippen molar-refractivity contribution in [1.82, 2.24) is 4.31 Å². The van der Waals surface area contributed by atoms with Crippen molar-refractivity contribution in [3.05, 3.63) is 29.8 Å². The molecule has 0 aliphatic carbocycles. The van der Waals surface area contributed by atoms with Gasteiger partial charge in [0.2, 0.25) is 10.0 Å². The lowest BCUT2D eigenvalue weighted by Crippen LogP contribution is -2.38. The van der Waals surface area contributed by atoms with E-state index in [0.717, 1.165) is 16.4 Å². The van der Waals surface area contributed by atoms with Crippen molar-refractivity contribution in [3.8, 4) is 0 Å². The number of piperidine rings is 1. The van der Waals surface area contributed by atoms with Crippen molar-refractivity contribution in [2.75, 3.05) is 13.1 Å². The highest BCUT2D eigenvalue weighted by atomic mass is 32.2. The van der Waals surface area contributed by atoms with Gasteiger partial charge in [0.05, 0.1) is 4.90 Å². The Morgan fingerprint density at radius 2 is 1.71 bits per heavy atom. The second-order valence-electron chi connectivity index (χ2n) is 5.05. The standard InChI is InChI=1S/C13H15F2NO4S/c14-10-6-11(15)8-12(7-10)21(19,20)16-3-1-9(2-4-16)5-13(17)18/h6-9H,1-5H2,(H,17,18). The number of halogens is 2. The summed E-state index contributed by atoms with van der Waals surface area (Å²) >= 11 is 0. The summed E-state index contributed by atoms with van der Waals surface area (Å²) in [6, 6.07) is 2.17. The van der Waals surface area contributed by atoms with Crippen molar-refractivity contribution >= 4 is 16.0 Å². The molecule has 2 rings (SSSR count). The minimum Gasteiger partial charge on any atom is -0.481 e. The molecule has 1 saturated heterocycles. The van der Waals surface area contributed by atoms with Crippen LogP contribution < -0.4 is 0 Å². The zero-order chi connectivity index (χ0) is 15.6. The van der Waals surface area contributed by atoms with E-state index in [2.05, 4.69) is 0 Å². The zero-order valence-corrected chi connectivity index (χ0v) is 11.9. The van der Waals surface area contributed by atoms with Crippen LogP contribution in [0.5, 0.6) is 0 Å². The topological polar surface area (TPSA) is 74.7 Å². The second kappa shape index (κ2) is 6.07. The Labute approximate surface area is 121 Å². The van der Waals surface area contributed by atoms with Crippen LogP contribution in [0.4, 0.5) is 8.78 Å². The molecule has 0 atom stereocenters. The molecule has 1 aliphatic heterocycles. The SMILES string of the molecule is O=C(O)CC1CCN(S(=O)(=O)c2cc(F)cc(F)c2)CC1. The number of aliphatic carboxylic acids is 1. The van der Waals surface area contributed by atoms with Crippen LogP contribution in [0.25, 0.3) is 0 Å². The molecule has 0 amide bonds. The van der Waals surface area contributed by atoms with E-state index in [1.165, 1.54) is 0 Å². The van der Waals surface area contributed by atoms with Gasteiger partial charge in [0.15, 0.2) is 0 Å². The first kappa shape index (κ1) is 15.8. The van der Waals surface area contributed by atoms with Crippen LogP contribution >= 0.6 is 0 Å². The lowest BCUT2D eigenvalue weighted by atomic mass is 9.95. The first-order valence-corrected chi connectivity index (χ1v) is 7.91. The molecule has 8 heteroatoms. The summed E-state index contributed by atoms with van der Waals surface area (Å²) in [5.74, 6) is -2.88. The number of nitrogens with zero attached hydrogens (tertiary/aromatic N) is 1. The summed E-state index contributed by atoms with van der Waals surface area (Å²) in [6.45, 7) is 0.302. The van der Waals surface area contributed by atoms with Crippen LogP contribution in [0.2, 0.25) is 0 Å². The van der Waals surface area contributed by atoms with Gasteiger partial charge in [-0.3, -0.25) is 4.79 Å². The molecule has 0 radical (unpaired) electrons. The molecule has 116 valence electrons. The number of hydrogen-bond acceptors (Lipinski definition) is 3. The van der Waals surface area contributed by atoms with Crippen molar-refractivity contribution in [2.24, 2.45) is 5.92 Å². The molecular weight excluding hydrogens is 304 g/mol. The van der Waals surface area contributed by atoms with Crippen LogP contribution in [-0.2, 0) is 14.8 Å². The van der Waals surface area contributed by atoms with Gasteiger partial charge < -0.3 is 5.11 Å². The molecular formula is C13H15F2NO4S. The highest BCUT2D eigenvalue weighted by Crippen LogP contribution is 2.26. The molecule has 1 aliphatic rings. The van der Waals surface area contributed by atoms with Gasteiger partial charge in [-0.05, 0) is 30.9 Å². The van der Waals surface area contributed by atoms with Gasteiger partial charge in [-0.1, -0.05) is 0 Å². The van der Waals surface area contributed by atoms with Crippen LogP contribution in [-0.4, -0.2) is 36.9 Å². The summed E-state index contributed by atoms with van der Waals surface area (Å²) in [6.07, 6.45) is 0.842. The summed E-state index contributed by atoms with van der Waals surface area (Å²) < 4.78 is 52.0. The fraction of sp³-hybridized carbons (Fsp3) is 0.462. The van der Waals surface area contributed by atoms with E-state index in [-0.39, 0.29) is 25.4 Å². The van der Waals surface area contributed by atoms with E-state index in [4.69, 9.17) is 5.11 Å². The predicted molar refractivity (Wildman–Crippen MR) is 70.1 cm³/mol.